The number of hydrogen-bond donors (Lipinski definition) is 1. The summed E-state index contributed by atoms with van der Waals surface area (Å²) in [5, 5.41) is 9.03. The largest absolute Gasteiger partial charge is 0.481 e. The van der Waals surface area contributed by atoms with Gasteiger partial charge in [-0.2, -0.15) is 0 Å². The predicted molar refractivity (Wildman–Crippen MR) is 60.4 cm³/mol. The fraction of sp³-hybridized carbons (Fsp3) is 0.917. The van der Waals surface area contributed by atoms with E-state index in [-0.39, 0.29) is 12.0 Å². The van der Waals surface area contributed by atoms with Gasteiger partial charge in [0.2, 0.25) is 0 Å². The summed E-state index contributed by atoms with van der Waals surface area (Å²) in [6.07, 6.45) is 4.61. The summed E-state index contributed by atoms with van der Waals surface area (Å²) < 4.78 is 5.58. The van der Waals surface area contributed by atoms with Gasteiger partial charge in [0.05, 0.1) is 12.0 Å². The van der Waals surface area contributed by atoms with Crippen molar-refractivity contribution in [1.29, 1.82) is 0 Å². The summed E-state index contributed by atoms with van der Waals surface area (Å²) in [7, 11) is 0. The third kappa shape index (κ3) is 2.55. The Morgan fingerprint density at radius 2 is 2.31 bits per heavy atom. The van der Waals surface area contributed by atoms with E-state index in [0.717, 1.165) is 32.5 Å². The van der Waals surface area contributed by atoms with Crippen LogP contribution in [-0.4, -0.2) is 47.8 Å². The highest BCUT2D eigenvalue weighted by molar-refractivity contribution is 5.71. The summed E-state index contributed by atoms with van der Waals surface area (Å²) >= 11 is 0. The molecular weight excluding hydrogens is 206 g/mol. The molecule has 0 saturated carbocycles. The van der Waals surface area contributed by atoms with Crippen molar-refractivity contribution >= 4 is 5.97 Å². The minimum absolute atomic E-state index is 0.176. The van der Waals surface area contributed by atoms with Crippen molar-refractivity contribution in [2.45, 2.75) is 44.8 Å². The minimum Gasteiger partial charge on any atom is -0.481 e. The summed E-state index contributed by atoms with van der Waals surface area (Å²) in [6, 6.07) is 0.180. The van der Waals surface area contributed by atoms with Crippen LogP contribution in [0, 0.1) is 5.92 Å². The number of ether oxygens (including phenoxy) is 1. The Hall–Kier alpha value is -0.610. The Kier molecular flexibility index (Phi) is 3.82. The molecule has 2 saturated heterocycles. The van der Waals surface area contributed by atoms with E-state index in [1.165, 1.54) is 12.8 Å². The first-order chi connectivity index (χ1) is 7.68. The lowest BCUT2D eigenvalue weighted by atomic mass is 10.0. The zero-order valence-corrected chi connectivity index (χ0v) is 9.89. The Balaban J connectivity index is 1.76. The highest BCUT2D eigenvalue weighted by Gasteiger charge is 2.35. The molecule has 2 rings (SSSR count). The van der Waals surface area contributed by atoms with Gasteiger partial charge in [-0.25, -0.2) is 0 Å². The minimum atomic E-state index is -0.646. The lowest BCUT2D eigenvalue weighted by Crippen LogP contribution is -2.34. The van der Waals surface area contributed by atoms with E-state index in [1.807, 2.05) is 6.92 Å². The van der Waals surface area contributed by atoms with Gasteiger partial charge in [0.1, 0.15) is 0 Å². The lowest BCUT2D eigenvalue weighted by molar-refractivity contribution is -0.142. The molecule has 1 N–H and O–H groups in total. The molecule has 3 unspecified atom stereocenters. The van der Waals surface area contributed by atoms with E-state index < -0.39 is 5.97 Å². The third-order valence-corrected chi connectivity index (χ3v) is 3.97. The third-order valence-electron chi connectivity index (χ3n) is 3.97. The Labute approximate surface area is 96.6 Å². The maximum absolute atomic E-state index is 11.0. The van der Waals surface area contributed by atoms with Crippen molar-refractivity contribution in [2.24, 2.45) is 5.92 Å². The van der Waals surface area contributed by atoms with Gasteiger partial charge in [-0.05, 0) is 39.2 Å². The highest BCUT2D eigenvalue weighted by atomic mass is 16.5. The maximum Gasteiger partial charge on any atom is 0.308 e. The van der Waals surface area contributed by atoms with Gasteiger partial charge >= 0.3 is 5.97 Å². The van der Waals surface area contributed by atoms with Gasteiger partial charge in [-0.1, -0.05) is 0 Å². The maximum atomic E-state index is 11.0. The smallest absolute Gasteiger partial charge is 0.308 e. The normalized spacial score (nSPS) is 35.7. The Bertz CT molecular complexity index is 251. The van der Waals surface area contributed by atoms with E-state index in [1.54, 1.807) is 0 Å². The number of carboxylic acid groups (broad SMARTS) is 1. The fourth-order valence-electron chi connectivity index (χ4n) is 2.83. The van der Waals surface area contributed by atoms with E-state index >= 15 is 0 Å². The number of hydrogen-bond acceptors (Lipinski definition) is 3. The molecular formula is C12H21NO3. The molecule has 4 heteroatoms. The van der Waals surface area contributed by atoms with Crippen LogP contribution in [0.25, 0.3) is 0 Å². The SMILES string of the molecule is CC1C(C(=O)O)CCN1CCC1CCCO1. The van der Waals surface area contributed by atoms with Crippen LogP contribution in [0.1, 0.15) is 32.6 Å². The average molecular weight is 227 g/mol. The van der Waals surface area contributed by atoms with Gasteiger partial charge in [-0.3, -0.25) is 9.69 Å². The van der Waals surface area contributed by atoms with Crippen molar-refractivity contribution in [1.82, 2.24) is 4.90 Å². The number of rotatable bonds is 4. The second kappa shape index (κ2) is 5.15. The molecule has 0 spiro atoms. The summed E-state index contributed by atoms with van der Waals surface area (Å²) in [5.41, 5.74) is 0. The van der Waals surface area contributed by atoms with Gasteiger partial charge < -0.3 is 9.84 Å². The molecule has 4 nitrogen and oxygen atoms in total. The van der Waals surface area contributed by atoms with Gasteiger partial charge in [-0.15, -0.1) is 0 Å². The van der Waals surface area contributed by atoms with Crippen LogP contribution in [-0.2, 0) is 9.53 Å². The van der Waals surface area contributed by atoms with Crippen LogP contribution < -0.4 is 0 Å². The molecule has 0 aromatic heterocycles. The molecule has 16 heavy (non-hydrogen) atoms. The van der Waals surface area contributed by atoms with Crippen molar-refractivity contribution in [2.75, 3.05) is 19.7 Å². The number of likely N-dealkylation sites (tertiary alicyclic amines) is 1. The summed E-state index contributed by atoms with van der Waals surface area (Å²) in [4.78, 5) is 13.3. The number of carboxylic acids is 1. The van der Waals surface area contributed by atoms with Crippen molar-refractivity contribution in [3.8, 4) is 0 Å². The lowest BCUT2D eigenvalue weighted by Gasteiger charge is -2.24. The first kappa shape index (κ1) is 11.9. The number of aliphatic carboxylic acids is 1. The average Bonchev–Trinajstić information content (AvgIpc) is 2.84. The van der Waals surface area contributed by atoms with Crippen molar-refractivity contribution in [3.63, 3.8) is 0 Å². The molecule has 0 aromatic rings. The van der Waals surface area contributed by atoms with Gasteiger partial charge in [0.25, 0.3) is 0 Å². The van der Waals surface area contributed by atoms with Crippen LogP contribution in [0.5, 0.6) is 0 Å². The van der Waals surface area contributed by atoms with Crippen LogP contribution in [0.4, 0.5) is 0 Å². The molecule has 2 heterocycles. The molecule has 0 aliphatic carbocycles. The number of nitrogens with zero attached hydrogens (tertiary/aromatic N) is 1. The van der Waals surface area contributed by atoms with E-state index in [4.69, 9.17) is 9.84 Å². The molecule has 3 atom stereocenters. The molecule has 0 aromatic carbocycles. The molecule has 0 amide bonds. The monoisotopic (exact) mass is 227 g/mol. The van der Waals surface area contributed by atoms with E-state index in [9.17, 15) is 4.79 Å². The van der Waals surface area contributed by atoms with Crippen LogP contribution >= 0.6 is 0 Å². The quantitative estimate of drug-likeness (QED) is 0.787. The first-order valence-corrected chi connectivity index (χ1v) is 6.27. The van der Waals surface area contributed by atoms with Crippen LogP contribution in [0.15, 0.2) is 0 Å². The van der Waals surface area contributed by atoms with E-state index in [0.29, 0.717) is 6.10 Å². The van der Waals surface area contributed by atoms with Gasteiger partial charge in [0, 0.05) is 19.2 Å². The molecule has 2 aliphatic heterocycles. The topological polar surface area (TPSA) is 49.8 Å². The Morgan fingerprint density at radius 1 is 1.50 bits per heavy atom. The second-order valence-electron chi connectivity index (χ2n) is 4.93. The zero-order chi connectivity index (χ0) is 11.5. The standard InChI is InChI=1S/C12H21NO3/c1-9-11(12(14)15)5-7-13(9)6-4-10-3-2-8-16-10/h9-11H,2-8H2,1H3,(H,14,15). The molecule has 92 valence electrons. The summed E-state index contributed by atoms with van der Waals surface area (Å²) in [5.74, 6) is -0.823. The molecule has 0 bridgehead atoms. The van der Waals surface area contributed by atoms with Crippen LogP contribution in [0.3, 0.4) is 0 Å². The number of carbonyl (C=O) groups is 1. The van der Waals surface area contributed by atoms with Gasteiger partial charge in [0.15, 0.2) is 0 Å². The van der Waals surface area contributed by atoms with Crippen molar-refractivity contribution in [3.05, 3.63) is 0 Å². The van der Waals surface area contributed by atoms with Crippen molar-refractivity contribution < 1.29 is 14.6 Å². The second-order valence-corrected chi connectivity index (χ2v) is 4.93. The summed E-state index contributed by atoms with van der Waals surface area (Å²) in [6.45, 7) is 4.83. The van der Waals surface area contributed by atoms with Crippen LogP contribution in [0.2, 0.25) is 0 Å². The van der Waals surface area contributed by atoms with E-state index in [2.05, 4.69) is 4.90 Å². The predicted octanol–water partition coefficient (Wildman–Crippen LogP) is 1.35. The zero-order valence-electron chi connectivity index (χ0n) is 9.89. The Morgan fingerprint density at radius 3 is 2.88 bits per heavy atom. The molecule has 2 fully saturated rings. The fourth-order valence-corrected chi connectivity index (χ4v) is 2.83. The molecule has 0 radical (unpaired) electrons. The molecule has 2 aliphatic rings. The first-order valence-electron chi connectivity index (χ1n) is 6.27. The highest BCUT2D eigenvalue weighted by Crippen LogP contribution is 2.25.